The van der Waals surface area contributed by atoms with Crippen LogP contribution in [0.4, 0.5) is 0 Å². The second kappa shape index (κ2) is 10.5. The molecular weight excluding hydrogens is 400 g/mol. The van der Waals surface area contributed by atoms with Crippen LogP contribution >= 0.6 is 11.8 Å². The van der Waals surface area contributed by atoms with Crippen LogP contribution in [-0.2, 0) is 0 Å². The molecule has 0 radical (unpaired) electrons. The van der Waals surface area contributed by atoms with Crippen molar-refractivity contribution in [3.63, 3.8) is 0 Å². The maximum absolute atomic E-state index is 9.74. The molecule has 31 heavy (non-hydrogen) atoms. The average molecular weight is 435 g/mol. The molecule has 0 unspecified atom stereocenters. The lowest BCUT2D eigenvalue weighted by Crippen LogP contribution is -2.30. The molecule has 3 nitrogen and oxygen atoms in total. The van der Waals surface area contributed by atoms with Crippen LogP contribution in [0.5, 0.6) is 0 Å². The molecular formula is C27H34N2OS. The molecule has 1 heterocycles. The second-order valence-corrected chi connectivity index (χ2v) is 9.55. The van der Waals surface area contributed by atoms with Gasteiger partial charge in [0.05, 0.1) is 17.2 Å². The van der Waals surface area contributed by atoms with Gasteiger partial charge in [0.2, 0.25) is 0 Å². The van der Waals surface area contributed by atoms with Crippen molar-refractivity contribution in [3.8, 4) is 0 Å². The van der Waals surface area contributed by atoms with Crippen molar-refractivity contribution >= 4 is 27.3 Å². The Morgan fingerprint density at radius 1 is 1.16 bits per heavy atom. The van der Waals surface area contributed by atoms with E-state index in [2.05, 4.69) is 75.7 Å². The van der Waals surface area contributed by atoms with Crippen LogP contribution in [0.15, 0.2) is 73.2 Å². The van der Waals surface area contributed by atoms with Gasteiger partial charge in [0.1, 0.15) is 0 Å². The summed E-state index contributed by atoms with van der Waals surface area (Å²) in [5, 5.41) is 13.0. The van der Waals surface area contributed by atoms with Gasteiger partial charge in [0, 0.05) is 33.5 Å². The molecule has 1 aromatic carbocycles. The molecule has 0 aliphatic carbocycles. The van der Waals surface area contributed by atoms with Gasteiger partial charge in [0.25, 0.3) is 0 Å². The number of benzene rings is 1. The second-order valence-electron chi connectivity index (χ2n) is 8.50. The highest BCUT2D eigenvalue weighted by atomic mass is 32.2. The zero-order valence-corrected chi connectivity index (χ0v) is 20.4. The summed E-state index contributed by atoms with van der Waals surface area (Å²) in [5.41, 5.74) is 5.76. The fourth-order valence-corrected chi connectivity index (χ4v) is 4.00. The van der Waals surface area contributed by atoms with Crippen LogP contribution in [0.3, 0.4) is 0 Å². The highest BCUT2D eigenvalue weighted by Gasteiger charge is 2.22. The van der Waals surface area contributed by atoms with E-state index in [0.717, 1.165) is 22.5 Å². The van der Waals surface area contributed by atoms with Gasteiger partial charge in [-0.25, -0.2) is 0 Å². The van der Waals surface area contributed by atoms with Gasteiger partial charge in [-0.3, -0.25) is 4.98 Å². The van der Waals surface area contributed by atoms with Crippen molar-refractivity contribution in [2.45, 2.75) is 41.5 Å². The topological polar surface area (TPSA) is 45.1 Å². The highest BCUT2D eigenvalue weighted by Crippen LogP contribution is 2.41. The van der Waals surface area contributed by atoms with Crippen LogP contribution in [0.2, 0.25) is 0 Å². The van der Waals surface area contributed by atoms with Crippen molar-refractivity contribution < 1.29 is 5.11 Å². The molecule has 0 saturated carbocycles. The van der Waals surface area contributed by atoms with E-state index in [9.17, 15) is 5.11 Å². The Morgan fingerprint density at radius 2 is 1.81 bits per heavy atom. The maximum atomic E-state index is 9.74. The highest BCUT2D eigenvalue weighted by molar-refractivity contribution is 8.16. The predicted molar refractivity (Wildman–Crippen MR) is 138 cm³/mol. The zero-order valence-electron chi connectivity index (χ0n) is 19.5. The number of aryl methyl sites for hydroxylation is 1. The molecule has 164 valence electrons. The largest absolute Gasteiger partial charge is 0.512 e. The third-order valence-electron chi connectivity index (χ3n) is 5.14. The summed E-state index contributed by atoms with van der Waals surface area (Å²) in [7, 11) is 0. The number of rotatable bonds is 9. The van der Waals surface area contributed by atoms with E-state index in [1.807, 2.05) is 33.0 Å². The van der Waals surface area contributed by atoms with E-state index in [0.29, 0.717) is 6.54 Å². The Morgan fingerprint density at radius 3 is 2.32 bits per heavy atom. The quantitative estimate of drug-likeness (QED) is 0.399. The van der Waals surface area contributed by atoms with Gasteiger partial charge >= 0.3 is 0 Å². The number of hydrogen-bond acceptors (Lipinski definition) is 4. The molecule has 0 spiro atoms. The number of pyridine rings is 1. The fraction of sp³-hybridized carbons (Fsp3) is 0.296. The molecule has 4 heteroatoms. The summed E-state index contributed by atoms with van der Waals surface area (Å²) < 4.78 is 0. The number of aromatic nitrogens is 1. The summed E-state index contributed by atoms with van der Waals surface area (Å²) >= 11 is 1.77. The standard InChI is InChI=1S/C27H34N2OS/c1-9-24(31-26(18(2)3)22-13-11-10-12-14-22)23-15-19(4)25(28-16-23)20(5)29-17-27(7,8)21(6)30/h9-16,29-30H,5-6,17H2,1-4,7-8H3/b24-9-. The van der Waals surface area contributed by atoms with Crippen LogP contribution in [0.25, 0.3) is 15.5 Å². The summed E-state index contributed by atoms with van der Waals surface area (Å²) in [6.07, 6.45) is 4.04. The third kappa shape index (κ3) is 6.38. The lowest BCUT2D eigenvalue weighted by Gasteiger charge is -2.25. The molecule has 0 amide bonds. The summed E-state index contributed by atoms with van der Waals surface area (Å²) in [6.45, 7) is 20.6. The minimum absolute atomic E-state index is 0.149. The first-order valence-electron chi connectivity index (χ1n) is 10.4. The van der Waals surface area contributed by atoms with E-state index in [1.165, 1.54) is 20.9 Å². The number of thioether (sulfide) groups is 1. The molecule has 0 saturated heterocycles. The first-order chi connectivity index (χ1) is 14.6. The van der Waals surface area contributed by atoms with E-state index in [1.54, 1.807) is 11.8 Å². The smallest absolute Gasteiger partial charge is 0.0924 e. The Hall–Kier alpha value is -2.72. The minimum atomic E-state index is -0.441. The normalized spacial score (nSPS) is 11.7. The monoisotopic (exact) mass is 434 g/mol. The van der Waals surface area contributed by atoms with Gasteiger partial charge in [-0.15, -0.1) is 0 Å². The van der Waals surface area contributed by atoms with Crippen LogP contribution in [-0.4, -0.2) is 16.6 Å². The van der Waals surface area contributed by atoms with Crippen molar-refractivity contribution in [2.24, 2.45) is 5.41 Å². The van der Waals surface area contributed by atoms with Gasteiger partial charge in [-0.1, -0.05) is 80.7 Å². The van der Waals surface area contributed by atoms with E-state index in [-0.39, 0.29) is 5.76 Å². The Labute approximate surface area is 191 Å². The van der Waals surface area contributed by atoms with E-state index in [4.69, 9.17) is 4.98 Å². The van der Waals surface area contributed by atoms with Crippen molar-refractivity contribution in [3.05, 3.63) is 95.5 Å². The Kier molecular flexibility index (Phi) is 8.35. The molecule has 2 aromatic rings. The number of nitrogens with zero attached hydrogens (tertiary/aromatic N) is 1. The van der Waals surface area contributed by atoms with Crippen LogP contribution in [0, 0.1) is 12.3 Å². The van der Waals surface area contributed by atoms with E-state index < -0.39 is 5.41 Å². The number of allylic oxidation sites excluding steroid dienone is 2. The fourth-order valence-electron chi connectivity index (χ4n) is 2.97. The first-order valence-corrected chi connectivity index (χ1v) is 11.2. The number of nitrogens with one attached hydrogen (secondary N) is 1. The van der Waals surface area contributed by atoms with Gasteiger partial charge < -0.3 is 10.4 Å². The summed E-state index contributed by atoms with van der Waals surface area (Å²) in [4.78, 5) is 7.12. The zero-order chi connectivity index (χ0) is 23.2. The molecule has 1 aromatic heterocycles. The number of aliphatic hydroxyl groups excluding tert-OH is 1. The molecule has 0 bridgehead atoms. The van der Waals surface area contributed by atoms with Crippen LogP contribution in [0.1, 0.15) is 57.0 Å². The average Bonchev–Trinajstić information content (AvgIpc) is 2.73. The molecule has 0 aliphatic heterocycles. The number of hydrogen-bond donors (Lipinski definition) is 2. The lowest BCUT2D eigenvalue weighted by atomic mass is 9.91. The molecule has 0 atom stereocenters. The Balaban J connectivity index is 2.23. The van der Waals surface area contributed by atoms with Crippen molar-refractivity contribution in [1.29, 1.82) is 0 Å². The molecule has 2 rings (SSSR count). The van der Waals surface area contributed by atoms with Gasteiger partial charge in [-0.05, 0) is 44.9 Å². The first kappa shape index (κ1) is 24.5. The van der Waals surface area contributed by atoms with Gasteiger partial charge in [0.15, 0.2) is 0 Å². The maximum Gasteiger partial charge on any atom is 0.0924 e. The number of aliphatic hydroxyl groups is 1. The van der Waals surface area contributed by atoms with Crippen molar-refractivity contribution in [2.75, 3.05) is 6.54 Å². The SMILES string of the molecule is C=C(NCC(C)(C)C(=C)O)c1ncc(/C(=C/C)SC(=C(C)C)c2ccccc2)cc1C. The molecule has 2 N–H and O–H groups in total. The minimum Gasteiger partial charge on any atom is -0.512 e. The third-order valence-corrected chi connectivity index (χ3v) is 6.68. The lowest BCUT2D eigenvalue weighted by molar-refractivity contribution is 0.259. The summed E-state index contributed by atoms with van der Waals surface area (Å²) in [5.74, 6) is 0.149. The molecule has 0 aliphatic rings. The van der Waals surface area contributed by atoms with Crippen LogP contribution < -0.4 is 5.32 Å². The summed E-state index contributed by atoms with van der Waals surface area (Å²) in [6, 6.07) is 12.6. The van der Waals surface area contributed by atoms with Crippen molar-refractivity contribution in [1.82, 2.24) is 10.3 Å². The molecule has 0 fully saturated rings. The Bertz CT molecular complexity index is 1010. The van der Waals surface area contributed by atoms with E-state index >= 15 is 0 Å². The van der Waals surface area contributed by atoms with Gasteiger partial charge in [-0.2, -0.15) is 0 Å². The predicted octanol–water partition coefficient (Wildman–Crippen LogP) is 7.59.